The molecule has 0 saturated carbocycles. The van der Waals surface area contributed by atoms with E-state index in [1.807, 2.05) is 57.2 Å². The Morgan fingerprint density at radius 1 is 0.857 bits per heavy atom. The van der Waals surface area contributed by atoms with Gasteiger partial charge in [-0.25, -0.2) is 4.79 Å². The van der Waals surface area contributed by atoms with E-state index < -0.39 is 5.60 Å². The van der Waals surface area contributed by atoms with Gasteiger partial charge >= 0.3 is 6.09 Å². The fourth-order valence-corrected chi connectivity index (χ4v) is 3.02. The first kappa shape index (κ1) is 19.7. The lowest BCUT2D eigenvalue weighted by molar-refractivity contribution is 0.0216. The van der Waals surface area contributed by atoms with E-state index in [-0.39, 0.29) is 6.09 Å². The quantitative estimate of drug-likeness (QED) is 0.565. The molecule has 28 heavy (non-hydrogen) atoms. The highest BCUT2D eigenvalue weighted by Crippen LogP contribution is 2.20. The summed E-state index contributed by atoms with van der Waals surface area (Å²) in [5.41, 5.74) is 1.55. The molecule has 4 heteroatoms. The number of fused-ring (bicyclic) bond motifs is 1. The second kappa shape index (κ2) is 8.34. The molecule has 0 aromatic heterocycles. The lowest BCUT2D eigenvalue weighted by Gasteiger charge is -2.27. The molecule has 146 valence electrons. The van der Waals surface area contributed by atoms with Gasteiger partial charge in [-0.05, 0) is 60.9 Å². The Bertz CT molecular complexity index is 942. The van der Waals surface area contributed by atoms with E-state index in [0.717, 1.165) is 22.3 Å². The topological polar surface area (TPSA) is 38.8 Å². The van der Waals surface area contributed by atoms with Crippen LogP contribution in [0.3, 0.4) is 0 Å². The standard InChI is InChI=1S/C24H27NO3/c1-24(2,3)28-23(26)25(16-18-10-13-22(27-4)14-11-18)17-19-9-12-20-7-5-6-8-21(20)15-19/h5-15H,16-17H2,1-4H3. The molecule has 0 spiro atoms. The Balaban J connectivity index is 1.84. The van der Waals surface area contributed by atoms with Gasteiger partial charge in [-0.3, -0.25) is 4.90 Å². The van der Waals surface area contributed by atoms with Crippen LogP contribution in [-0.2, 0) is 17.8 Å². The van der Waals surface area contributed by atoms with Crippen molar-refractivity contribution in [2.75, 3.05) is 7.11 Å². The van der Waals surface area contributed by atoms with Crippen LogP contribution in [0.1, 0.15) is 31.9 Å². The summed E-state index contributed by atoms with van der Waals surface area (Å²) in [7, 11) is 1.64. The molecule has 0 fully saturated rings. The van der Waals surface area contributed by atoms with Gasteiger partial charge in [0.2, 0.25) is 0 Å². The van der Waals surface area contributed by atoms with Gasteiger partial charge in [-0.2, -0.15) is 0 Å². The van der Waals surface area contributed by atoms with Crippen molar-refractivity contribution in [2.45, 2.75) is 39.5 Å². The predicted molar refractivity (Wildman–Crippen MR) is 112 cm³/mol. The predicted octanol–water partition coefficient (Wildman–Crippen LogP) is 5.79. The third kappa shape index (κ3) is 5.26. The normalized spacial score (nSPS) is 11.3. The molecule has 0 aliphatic rings. The summed E-state index contributed by atoms with van der Waals surface area (Å²) in [4.78, 5) is 14.6. The molecule has 0 aliphatic carbocycles. The lowest BCUT2D eigenvalue weighted by atomic mass is 10.1. The molecule has 0 aliphatic heterocycles. The van der Waals surface area contributed by atoms with Crippen LogP contribution >= 0.6 is 0 Å². The van der Waals surface area contributed by atoms with Gasteiger partial charge in [0.25, 0.3) is 0 Å². The van der Waals surface area contributed by atoms with E-state index in [0.29, 0.717) is 13.1 Å². The number of benzene rings is 3. The summed E-state index contributed by atoms with van der Waals surface area (Å²) >= 11 is 0. The number of carbonyl (C=O) groups excluding carboxylic acids is 1. The minimum atomic E-state index is -0.543. The molecule has 0 heterocycles. The van der Waals surface area contributed by atoms with Crippen LogP contribution in [0.15, 0.2) is 66.7 Å². The maximum Gasteiger partial charge on any atom is 0.410 e. The van der Waals surface area contributed by atoms with Crippen molar-refractivity contribution < 1.29 is 14.3 Å². The smallest absolute Gasteiger partial charge is 0.410 e. The zero-order chi connectivity index (χ0) is 20.1. The van der Waals surface area contributed by atoms with Crippen molar-refractivity contribution in [3.8, 4) is 5.75 Å². The molecule has 3 aromatic carbocycles. The molecule has 1 amide bonds. The number of rotatable bonds is 5. The summed E-state index contributed by atoms with van der Waals surface area (Å²) < 4.78 is 10.9. The van der Waals surface area contributed by atoms with E-state index in [9.17, 15) is 4.79 Å². The Morgan fingerprint density at radius 2 is 1.46 bits per heavy atom. The van der Waals surface area contributed by atoms with E-state index in [4.69, 9.17) is 9.47 Å². The third-order valence-electron chi connectivity index (χ3n) is 4.37. The second-order valence-electron chi connectivity index (χ2n) is 7.87. The van der Waals surface area contributed by atoms with Crippen molar-refractivity contribution in [3.63, 3.8) is 0 Å². The minimum Gasteiger partial charge on any atom is -0.497 e. The van der Waals surface area contributed by atoms with Crippen molar-refractivity contribution in [1.29, 1.82) is 0 Å². The number of hydrogen-bond donors (Lipinski definition) is 0. The van der Waals surface area contributed by atoms with Crippen LogP contribution in [0.25, 0.3) is 10.8 Å². The first-order valence-corrected chi connectivity index (χ1v) is 9.42. The van der Waals surface area contributed by atoms with Crippen LogP contribution < -0.4 is 4.74 Å². The second-order valence-corrected chi connectivity index (χ2v) is 7.87. The maximum atomic E-state index is 12.8. The molecule has 0 atom stereocenters. The largest absolute Gasteiger partial charge is 0.497 e. The molecule has 4 nitrogen and oxygen atoms in total. The molecule has 3 rings (SSSR count). The Labute approximate surface area is 166 Å². The van der Waals surface area contributed by atoms with Gasteiger partial charge in [0.05, 0.1) is 7.11 Å². The van der Waals surface area contributed by atoms with Crippen molar-refractivity contribution >= 4 is 16.9 Å². The average molecular weight is 377 g/mol. The van der Waals surface area contributed by atoms with E-state index in [1.165, 1.54) is 5.39 Å². The van der Waals surface area contributed by atoms with Crippen molar-refractivity contribution in [2.24, 2.45) is 0 Å². The minimum absolute atomic E-state index is 0.323. The molecule has 3 aromatic rings. The SMILES string of the molecule is COc1ccc(CN(Cc2ccc3ccccc3c2)C(=O)OC(C)(C)C)cc1. The van der Waals surface area contributed by atoms with Crippen LogP contribution in [0.4, 0.5) is 4.79 Å². The molecular weight excluding hydrogens is 350 g/mol. The number of methoxy groups -OCH3 is 1. The molecule has 0 unspecified atom stereocenters. The monoisotopic (exact) mass is 377 g/mol. The number of hydrogen-bond acceptors (Lipinski definition) is 3. The number of nitrogens with zero attached hydrogens (tertiary/aromatic N) is 1. The van der Waals surface area contributed by atoms with E-state index in [1.54, 1.807) is 12.0 Å². The number of carbonyl (C=O) groups is 1. The first-order valence-electron chi connectivity index (χ1n) is 9.42. The summed E-state index contributed by atoms with van der Waals surface area (Å²) in [6.45, 7) is 6.59. The van der Waals surface area contributed by atoms with Gasteiger partial charge in [-0.15, -0.1) is 0 Å². The third-order valence-corrected chi connectivity index (χ3v) is 4.37. The lowest BCUT2D eigenvalue weighted by Crippen LogP contribution is -2.36. The van der Waals surface area contributed by atoms with Gasteiger partial charge in [0.15, 0.2) is 0 Å². The van der Waals surface area contributed by atoms with Crippen LogP contribution in [0.2, 0.25) is 0 Å². The molecule has 0 N–H and O–H groups in total. The van der Waals surface area contributed by atoms with E-state index >= 15 is 0 Å². The van der Waals surface area contributed by atoms with Gasteiger partial charge < -0.3 is 9.47 Å². The highest BCUT2D eigenvalue weighted by molar-refractivity contribution is 5.83. The van der Waals surface area contributed by atoms with Gasteiger partial charge in [-0.1, -0.05) is 48.5 Å². The summed E-state index contributed by atoms with van der Waals surface area (Å²) in [6.07, 6.45) is -0.323. The Morgan fingerprint density at radius 3 is 2.11 bits per heavy atom. The number of amides is 1. The highest BCUT2D eigenvalue weighted by atomic mass is 16.6. The van der Waals surface area contributed by atoms with Crippen LogP contribution in [-0.4, -0.2) is 23.7 Å². The van der Waals surface area contributed by atoms with Crippen LogP contribution in [0, 0.1) is 0 Å². The molecular formula is C24H27NO3. The maximum absolute atomic E-state index is 12.8. The van der Waals surface area contributed by atoms with E-state index in [2.05, 4.69) is 30.3 Å². The van der Waals surface area contributed by atoms with Crippen LogP contribution in [0.5, 0.6) is 5.75 Å². The fourth-order valence-electron chi connectivity index (χ4n) is 3.02. The Kier molecular flexibility index (Phi) is 5.88. The fraction of sp³-hybridized carbons (Fsp3) is 0.292. The zero-order valence-electron chi connectivity index (χ0n) is 16.9. The summed E-state index contributed by atoms with van der Waals surface area (Å²) in [5, 5.41) is 2.35. The molecule has 0 saturated heterocycles. The van der Waals surface area contributed by atoms with Gasteiger partial charge in [0.1, 0.15) is 11.4 Å². The molecule has 0 radical (unpaired) electrons. The first-order chi connectivity index (χ1) is 13.3. The Hall–Kier alpha value is -3.01. The summed E-state index contributed by atoms with van der Waals surface area (Å²) in [6, 6.07) is 22.2. The zero-order valence-corrected chi connectivity index (χ0v) is 16.9. The van der Waals surface area contributed by atoms with Gasteiger partial charge in [0, 0.05) is 13.1 Å². The summed E-state index contributed by atoms with van der Waals surface area (Å²) in [5.74, 6) is 0.794. The number of ether oxygens (including phenoxy) is 2. The van der Waals surface area contributed by atoms with Crippen molar-refractivity contribution in [1.82, 2.24) is 4.90 Å². The molecule has 0 bridgehead atoms. The average Bonchev–Trinajstić information content (AvgIpc) is 2.66. The highest BCUT2D eigenvalue weighted by Gasteiger charge is 2.22. The van der Waals surface area contributed by atoms with Crippen molar-refractivity contribution in [3.05, 3.63) is 77.9 Å².